The number of benzene rings is 1. The monoisotopic (exact) mass is 264 g/mol. The van der Waals surface area contributed by atoms with Crippen LogP contribution < -0.4 is 10.6 Å². The standard InChI is InChI=1S/C14H20N2O3/c1-3-4-11-5-7-12(8-6-11)16-14(19)15-10(2)9-13(17)18/h5-8,10H,3-4,9H2,1-2H3,(H,17,18)(H2,15,16,19). The topological polar surface area (TPSA) is 78.4 Å². The molecule has 0 fully saturated rings. The largest absolute Gasteiger partial charge is 0.481 e. The molecule has 5 nitrogen and oxygen atoms in total. The highest BCUT2D eigenvalue weighted by Crippen LogP contribution is 2.10. The van der Waals surface area contributed by atoms with Gasteiger partial charge in [-0.2, -0.15) is 0 Å². The first-order valence-corrected chi connectivity index (χ1v) is 6.39. The Hall–Kier alpha value is -2.04. The Bertz CT molecular complexity index is 429. The van der Waals surface area contributed by atoms with E-state index >= 15 is 0 Å². The van der Waals surface area contributed by atoms with Gasteiger partial charge in [-0.05, 0) is 31.0 Å². The Morgan fingerprint density at radius 1 is 1.26 bits per heavy atom. The summed E-state index contributed by atoms with van der Waals surface area (Å²) in [7, 11) is 0. The van der Waals surface area contributed by atoms with Gasteiger partial charge in [0, 0.05) is 11.7 Å². The molecule has 5 heteroatoms. The molecule has 0 aromatic heterocycles. The molecule has 1 rings (SSSR count). The van der Waals surface area contributed by atoms with Crippen molar-refractivity contribution in [2.45, 2.75) is 39.2 Å². The zero-order chi connectivity index (χ0) is 14.3. The maximum Gasteiger partial charge on any atom is 0.319 e. The average molecular weight is 264 g/mol. The van der Waals surface area contributed by atoms with Crippen LogP contribution in [0.4, 0.5) is 10.5 Å². The van der Waals surface area contributed by atoms with Crippen LogP contribution in [0, 0.1) is 0 Å². The van der Waals surface area contributed by atoms with Gasteiger partial charge in [-0.1, -0.05) is 25.5 Å². The van der Waals surface area contributed by atoms with Gasteiger partial charge in [-0.3, -0.25) is 4.79 Å². The summed E-state index contributed by atoms with van der Waals surface area (Å²) in [5.41, 5.74) is 1.92. The highest BCUT2D eigenvalue weighted by atomic mass is 16.4. The minimum absolute atomic E-state index is 0.0944. The molecule has 0 radical (unpaired) electrons. The van der Waals surface area contributed by atoms with Crippen LogP contribution in [-0.4, -0.2) is 23.1 Å². The lowest BCUT2D eigenvalue weighted by Gasteiger charge is -2.12. The van der Waals surface area contributed by atoms with Gasteiger partial charge in [-0.25, -0.2) is 4.79 Å². The number of carbonyl (C=O) groups is 2. The quantitative estimate of drug-likeness (QED) is 0.739. The summed E-state index contributed by atoms with van der Waals surface area (Å²) in [5, 5.41) is 13.8. The number of hydrogen-bond acceptors (Lipinski definition) is 2. The normalized spacial score (nSPS) is 11.7. The van der Waals surface area contributed by atoms with Crippen LogP contribution in [0.25, 0.3) is 0 Å². The fourth-order valence-corrected chi connectivity index (χ4v) is 1.75. The van der Waals surface area contributed by atoms with Crippen LogP contribution >= 0.6 is 0 Å². The Kier molecular flexibility index (Phi) is 5.85. The van der Waals surface area contributed by atoms with E-state index < -0.39 is 18.0 Å². The summed E-state index contributed by atoms with van der Waals surface area (Å²) in [6.07, 6.45) is 2.00. The third-order valence-corrected chi connectivity index (χ3v) is 2.61. The number of hydrogen-bond donors (Lipinski definition) is 3. The lowest BCUT2D eigenvalue weighted by atomic mass is 10.1. The molecule has 1 atom stereocenters. The lowest BCUT2D eigenvalue weighted by Crippen LogP contribution is -2.37. The van der Waals surface area contributed by atoms with Crippen molar-refractivity contribution in [3.63, 3.8) is 0 Å². The fourth-order valence-electron chi connectivity index (χ4n) is 1.75. The zero-order valence-electron chi connectivity index (χ0n) is 11.3. The summed E-state index contributed by atoms with van der Waals surface area (Å²) in [5.74, 6) is -0.934. The summed E-state index contributed by atoms with van der Waals surface area (Å²) < 4.78 is 0. The number of aliphatic carboxylic acids is 1. The number of rotatable bonds is 6. The van der Waals surface area contributed by atoms with Crippen molar-refractivity contribution < 1.29 is 14.7 Å². The average Bonchev–Trinajstić information content (AvgIpc) is 2.30. The minimum Gasteiger partial charge on any atom is -0.481 e. The van der Waals surface area contributed by atoms with Gasteiger partial charge in [0.05, 0.1) is 6.42 Å². The van der Waals surface area contributed by atoms with E-state index in [2.05, 4.69) is 17.6 Å². The molecule has 0 aliphatic rings. The van der Waals surface area contributed by atoms with Crippen molar-refractivity contribution in [3.05, 3.63) is 29.8 Å². The van der Waals surface area contributed by atoms with Crippen LogP contribution in [0.2, 0.25) is 0 Å². The fraction of sp³-hybridized carbons (Fsp3) is 0.429. The van der Waals surface area contributed by atoms with E-state index in [0.717, 1.165) is 12.8 Å². The van der Waals surface area contributed by atoms with Gasteiger partial charge in [0.25, 0.3) is 0 Å². The maximum atomic E-state index is 11.6. The first kappa shape index (κ1) is 15.0. The van der Waals surface area contributed by atoms with E-state index in [4.69, 9.17) is 5.11 Å². The number of carboxylic acid groups (broad SMARTS) is 1. The molecular formula is C14H20N2O3. The van der Waals surface area contributed by atoms with Gasteiger partial charge in [-0.15, -0.1) is 0 Å². The summed E-state index contributed by atoms with van der Waals surface area (Å²) in [6.45, 7) is 3.77. The number of amides is 2. The Morgan fingerprint density at radius 2 is 1.89 bits per heavy atom. The van der Waals surface area contributed by atoms with Crippen LogP contribution in [0.1, 0.15) is 32.3 Å². The van der Waals surface area contributed by atoms with Crippen LogP contribution in [0.15, 0.2) is 24.3 Å². The first-order chi connectivity index (χ1) is 9.01. The molecule has 0 spiro atoms. The Balaban J connectivity index is 2.45. The SMILES string of the molecule is CCCc1ccc(NC(=O)NC(C)CC(=O)O)cc1. The van der Waals surface area contributed by atoms with Crippen molar-refractivity contribution in [1.29, 1.82) is 0 Å². The van der Waals surface area contributed by atoms with Crippen LogP contribution in [0.3, 0.4) is 0 Å². The minimum atomic E-state index is -0.934. The highest BCUT2D eigenvalue weighted by molar-refractivity contribution is 5.89. The Labute approximate surface area is 113 Å². The number of carbonyl (C=O) groups excluding carboxylic acids is 1. The predicted octanol–water partition coefficient (Wildman–Crippen LogP) is 2.62. The molecule has 1 unspecified atom stereocenters. The van der Waals surface area contributed by atoms with Gasteiger partial charge < -0.3 is 15.7 Å². The molecule has 104 valence electrons. The van der Waals surface area contributed by atoms with Gasteiger partial charge >= 0.3 is 12.0 Å². The van der Waals surface area contributed by atoms with Crippen molar-refractivity contribution in [2.24, 2.45) is 0 Å². The second-order valence-corrected chi connectivity index (χ2v) is 4.54. The predicted molar refractivity (Wildman–Crippen MR) is 74.3 cm³/mol. The number of aryl methyl sites for hydroxylation is 1. The second-order valence-electron chi connectivity index (χ2n) is 4.54. The maximum absolute atomic E-state index is 11.6. The van der Waals surface area contributed by atoms with E-state index in [9.17, 15) is 9.59 Å². The molecular weight excluding hydrogens is 244 g/mol. The van der Waals surface area contributed by atoms with Crippen molar-refractivity contribution in [2.75, 3.05) is 5.32 Å². The number of urea groups is 1. The van der Waals surface area contributed by atoms with Crippen molar-refractivity contribution in [1.82, 2.24) is 5.32 Å². The van der Waals surface area contributed by atoms with Gasteiger partial charge in [0.15, 0.2) is 0 Å². The van der Waals surface area contributed by atoms with Crippen molar-refractivity contribution >= 4 is 17.7 Å². The zero-order valence-corrected chi connectivity index (χ0v) is 11.3. The molecule has 0 aliphatic heterocycles. The molecule has 0 saturated carbocycles. The van der Waals surface area contributed by atoms with Crippen LogP contribution in [0.5, 0.6) is 0 Å². The van der Waals surface area contributed by atoms with E-state index in [1.807, 2.05) is 24.3 Å². The third kappa shape index (κ3) is 5.90. The van der Waals surface area contributed by atoms with E-state index in [0.29, 0.717) is 5.69 Å². The number of anilines is 1. The molecule has 2 amide bonds. The van der Waals surface area contributed by atoms with Crippen LogP contribution in [-0.2, 0) is 11.2 Å². The molecule has 19 heavy (non-hydrogen) atoms. The first-order valence-electron chi connectivity index (χ1n) is 6.39. The summed E-state index contributed by atoms with van der Waals surface area (Å²) in [4.78, 5) is 22.1. The van der Waals surface area contributed by atoms with Gasteiger partial charge in [0.2, 0.25) is 0 Å². The summed E-state index contributed by atoms with van der Waals surface area (Å²) in [6, 6.07) is 6.83. The van der Waals surface area contributed by atoms with E-state index in [1.165, 1.54) is 5.56 Å². The smallest absolute Gasteiger partial charge is 0.319 e. The molecule has 0 bridgehead atoms. The van der Waals surface area contributed by atoms with E-state index in [-0.39, 0.29) is 6.42 Å². The van der Waals surface area contributed by atoms with Gasteiger partial charge in [0.1, 0.15) is 0 Å². The second kappa shape index (κ2) is 7.41. The molecule has 0 saturated heterocycles. The number of nitrogens with one attached hydrogen (secondary N) is 2. The molecule has 1 aromatic rings. The third-order valence-electron chi connectivity index (χ3n) is 2.61. The molecule has 0 aliphatic carbocycles. The molecule has 0 heterocycles. The lowest BCUT2D eigenvalue weighted by molar-refractivity contribution is -0.137. The highest BCUT2D eigenvalue weighted by Gasteiger charge is 2.10. The molecule has 3 N–H and O–H groups in total. The van der Waals surface area contributed by atoms with E-state index in [1.54, 1.807) is 6.92 Å². The summed E-state index contributed by atoms with van der Waals surface area (Å²) >= 11 is 0. The molecule has 1 aromatic carbocycles. The number of carboxylic acids is 1. The Morgan fingerprint density at radius 3 is 2.42 bits per heavy atom. The van der Waals surface area contributed by atoms with Crippen molar-refractivity contribution in [3.8, 4) is 0 Å².